The first kappa shape index (κ1) is 23.5. The minimum atomic E-state index is -0.719. The van der Waals surface area contributed by atoms with Crippen molar-refractivity contribution in [2.45, 2.75) is 90.3 Å². The highest BCUT2D eigenvalue weighted by Crippen LogP contribution is 2.62. The van der Waals surface area contributed by atoms with Gasteiger partial charge in [0.15, 0.2) is 5.79 Å². The van der Waals surface area contributed by atoms with Crippen LogP contribution in [0.5, 0.6) is 5.75 Å². The van der Waals surface area contributed by atoms with Gasteiger partial charge in [-0.2, -0.15) is 0 Å². The lowest BCUT2D eigenvalue weighted by molar-refractivity contribution is -0.245. The molecule has 0 heterocycles. The highest BCUT2D eigenvalue weighted by Gasteiger charge is 2.57. The van der Waals surface area contributed by atoms with E-state index in [9.17, 15) is 5.21 Å². The molecule has 0 aliphatic heterocycles. The maximum atomic E-state index is 9.92. The molecule has 0 radical (unpaired) electrons. The number of benzene rings is 1. The molecule has 4 rings (SSSR count). The monoisotopic (exact) mass is 445 g/mol. The molecule has 0 amide bonds. The predicted octanol–water partition coefficient (Wildman–Crippen LogP) is 5.71. The van der Waals surface area contributed by atoms with Crippen molar-refractivity contribution in [3.8, 4) is 5.75 Å². The third kappa shape index (κ3) is 4.06. The fourth-order valence-electron chi connectivity index (χ4n) is 6.42. The van der Waals surface area contributed by atoms with Gasteiger partial charge in [-0.25, -0.2) is 0 Å². The number of methoxy groups -OCH3 is 2. The molecule has 178 valence electrons. The van der Waals surface area contributed by atoms with Gasteiger partial charge in [0.2, 0.25) is 5.79 Å². The minimum absolute atomic E-state index is 0.112. The number of hydrogen-bond donors (Lipinski definition) is 1. The van der Waals surface area contributed by atoms with Crippen LogP contribution in [0.25, 0.3) is 0 Å². The standard InChI is InChI=1S/C26H39NO5/c1-24(2,29-6)31-16-8-9-17-18-12-13-26(5)21(10-11-23(26)32-25(3,4)30-7)19(18)15-22(27-28)20(17)14-16/h8-9,14,18-19,21,23,28H,10-13,15H2,1-7H3/t18-,19-,21+,23+,26+/m1/s1. The van der Waals surface area contributed by atoms with Gasteiger partial charge in [0.05, 0.1) is 11.8 Å². The van der Waals surface area contributed by atoms with Crippen molar-refractivity contribution < 1.29 is 24.2 Å². The molecule has 0 spiro atoms. The summed E-state index contributed by atoms with van der Waals surface area (Å²) in [4.78, 5) is 0. The molecule has 1 aromatic rings. The van der Waals surface area contributed by atoms with Gasteiger partial charge in [0.25, 0.3) is 0 Å². The van der Waals surface area contributed by atoms with E-state index in [0.29, 0.717) is 17.8 Å². The second kappa shape index (κ2) is 8.30. The first-order valence-corrected chi connectivity index (χ1v) is 11.9. The van der Waals surface area contributed by atoms with E-state index in [1.165, 1.54) is 5.56 Å². The summed E-state index contributed by atoms with van der Waals surface area (Å²) in [6, 6.07) is 6.20. The van der Waals surface area contributed by atoms with Gasteiger partial charge in [-0.05, 0) is 86.8 Å². The molecular formula is C26H39NO5. The summed E-state index contributed by atoms with van der Waals surface area (Å²) >= 11 is 0. The van der Waals surface area contributed by atoms with Gasteiger partial charge in [0.1, 0.15) is 5.75 Å². The van der Waals surface area contributed by atoms with Crippen LogP contribution in [-0.2, 0) is 14.2 Å². The number of rotatable bonds is 6. The molecule has 32 heavy (non-hydrogen) atoms. The third-order valence-electron chi connectivity index (χ3n) is 8.41. The maximum Gasteiger partial charge on any atom is 0.204 e. The fraction of sp³-hybridized carbons (Fsp3) is 0.731. The Bertz CT molecular complexity index is 879. The molecule has 1 aromatic carbocycles. The van der Waals surface area contributed by atoms with Crippen LogP contribution < -0.4 is 4.74 Å². The minimum Gasteiger partial charge on any atom is -0.463 e. The molecular weight excluding hydrogens is 406 g/mol. The van der Waals surface area contributed by atoms with E-state index >= 15 is 0 Å². The van der Waals surface area contributed by atoms with Gasteiger partial charge < -0.3 is 24.2 Å². The Balaban J connectivity index is 1.62. The average Bonchev–Trinajstić information content (AvgIpc) is 3.08. The van der Waals surface area contributed by atoms with Gasteiger partial charge in [-0.3, -0.25) is 0 Å². The zero-order valence-electron chi connectivity index (χ0n) is 20.6. The highest BCUT2D eigenvalue weighted by molar-refractivity contribution is 6.03. The van der Waals surface area contributed by atoms with Crippen molar-refractivity contribution in [3.05, 3.63) is 29.3 Å². The quantitative estimate of drug-likeness (QED) is 0.345. The first-order chi connectivity index (χ1) is 15.0. The summed E-state index contributed by atoms with van der Waals surface area (Å²) in [5, 5.41) is 13.7. The largest absolute Gasteiger partial charge is 0.463 e. The van der Waals surface area contributed by atoms with E-state index in [-0.39, 0.29) is 11.5 Å². The van der Waals surface area contributed by atoms with Crippen molar-refractivity contribution in [1.82, 2.24) is 0 Å². The summed E-state index contributed by atoms with van der Waals surface area (Å²) in [5.41, 5.74) is 3.15. The van der Waals surface area contributed by atoms with E-state index in [2.05, 4.69) is 18.1 Å². The van der Waals surface area contributed by atoms with Crippen molar-refractivity contribution in [2.75, 3.05) is 14.2 Å². The van der Waals surface area contributed by atoms with Crippen LogP contribution in [0.2, 0.25) is 0 Å². The summed E-state index contributed by atoms with van der Waals surface area (Å²) in [6.07, 6.45) is 5.40. The fourth-order valence-corrected chi connectivity index (χ4v) is 6.42. The number of oxime groups is 1. The van der Waals surface area contributed by atoms with Gasteiger partial charge in [0, 0.05) is 33.6 Å². The van der Waals surface area contributed by atoms with Crippen molar-refractivity contribution >= 4 is 5.71 Å². The Morgan fingerprint density at radius 2 is 1.75 bits per heavy atom. The second-order valence-electron chi connectivity index (χ2n) is 10.9. The summed E-state index contributed by atoms with van der Waals surface area (Å²) < 4.78 is 23.5. The lowest BCUT2D eigenvalue weighted by Crippen LogP contribution is -2.47. The molecule has 0 aromatic heterocycles. The lowest BCUT2D eigenvalue weighted by atomic mass is 9.55. The highest BCUT2D eigenvalue weighted by atomic mass is 16.7. The molecule has 1 N–H and O–H groups in total. The van der Waals surface area contributed by atoms with Crippen molar-refractivity contribution in [1.29, 1.82) is 0 Å². The number of nitrogens with zero attached hydrogens (tertiary/aromatic N) is 1. The van der Waals surface area contributed by atoms with Crippen molar-refractivity contribution in [2.24, 2.45) is 22.4 Å². The van der Waals surface area contributed by atoms with E-state index in [0.717, 1.165) is 49.1 Å². The topological polar surface area (TPSA) is 69.5 Å². The van der Waals surface area contributed by atoms with Crippen LogP contribution in [0, 0.1) is 17.3 Å². The Hall–Kier alpha value is -1.63. The zero-order chi connectivity index (χ0) is 23.3. The molecule has 5 atom stereocenters. The summed E-state index contributed by atoms with van der Waals surface area (Å²) in [5.74, 6) is 0.881. The maximum absolute atomic E-state index is 9.92. The number of ether oxygens (including phenoxy) is 4. The zero-order valence-corrected chi connectivity index (χ0v) is 20.6. The van der Waals surface area contributed by atoms with Crippen LogP contribution in [0.3, 0.4) is 0 Å². The molecule has 3 aliphatic carbocycles. The summed E-state index contributed by atoms with van der Waals surface area (Å²) in [7, 11) is 3.34. The van der Waals surface area contributed by atoms with Crippen LogP contribution >= 0.6 is 0 Å². The van der Waals surface area contributed by atoms with Crippen LogP contribution in [0.15, 0.2) is 23.4 Å². The van der Waals surface area contributed by atoms with E-state index in [1.54, 1.807) is 14.2 Å². The molecule has 2 saturated carbocycles. The average molecular weight is 446 g/mol. The molecule has 0 unspecified atom stereocenters. The Kier molecular flexibility index (Phi) is 6.10. The molecule has 6 nitrogen and oxygen atoms in total. The van der Waals surface area contributed by atoms with Gasteiger partial charge in [-0.1, -0.05) is 18.1 Å². The van der Waals surface area contributed by atoms with Gasteiger partial charge in [-0.15, -0.1) is 0 Å². The Morgan fingerprint density at radius 1 is 1.03 bits per heavy atom. The Morgan fingerprint density at radius 3 is 2.41 bits per heavy atom. The first-order valence-electron chi connectivity index (χ1n) is 11.9. The molecule has 0 saturated heterocycles. The molecule has 0 bridgehead atoms. The second-order valence-corrected chi connectivity index (χ2v) is 10.9. The van der Waals surface area contributed by atoms with Crippen LogP contribution in [0.1, 0.15) is 83.8 Å². The number of fused-ring (bicyclic) bond motifs is 5. The van der Waals surface area contributed by atoms with E-state index in [4.69, 9.17) is 18.9 Å². The molecule has 6 heteroatoms. The molecule has 3 aliphatic rings. The number of hydrogen-bond acceptors (Lipinski definition) is 6. The van der Waals surface area contributed by atoms with Gasteiger partial charge >= 0.3 is 0 Å². The lowest BCUT2D eigenvalue weighted by Gasteiger charge is -2.51. The normalized spacial score (nSPS) is 33.5. The Labute approximate surface area is 192 Å². The molecule has 2 fully saturated rings. The van der Waals surface area contributed by atoms with Crippen LogP contribution in [-0.4, -0.2) is 42.8 Å². The summed E-state index contributed by atoms with van der Waals surface area (Å²) in [6.45, 7) is 10.1. The predicted molar refractivity (Wildman–Crippen MR) is 123 cm³/mol. The SMILES string of the molecule is COC(C)(C)Oc1ccc2c(c1)C(=NO)C[C@@H]1[C@@H]2CC[C@]2(C)[C@@H](OC(C)(C)OC)CC[C@@H]12. The van der Waals surface area contributed by atoms with E-state index < -0.39 is 11.6 Å². The van der Waals surface area contributed by atoms with Crippen LogP contribution in [0.4, 0.5) is 0 Å². The smallest absolute Gasteiger partial charge is 0.204 e. The van der Waals surface area contributed by atoms with E-state index in [1.807, 2.05) is 39.8 Å². The van der Waals surface area contributed by atoms with Crippen molar-refractivity contribution in [3.63, 3.8) is 0 Å². The third-order valence-corrected chi connectivity index (χ3v) is 8.41.